The lowest BCUT2D eigenvalue weighted by molar-refractivity contribution is -0.385. The lowest BCUT2D eigenvalue weighted by atomic mass is 10.1. The third-order valence-electron chi connectivity index (χ3n) is 2.84. The van der Waals surface area contributed by atoms with E-state index < -0.39 is 22.3 Å². The Morgan fingerprint density at radius 2 is 2.13 bits per heavy atom. The molecule has 1 heterocycles. The molecule has 0 spiro atoms. The zero-order valence-corrected chi connectivity index (χ0v) is 12.0. The summed E-state index contributed by atoms with van der Waals surface area (Å²) in [4.78, 5) is 25.7. The lowest BCUT2D eigenvalue weighted by Gasteiger charge is -2.04. The van der Waals surface area contributed by atoms with Crippen LogP contribution in [0.4, 0.5) is 5.69 Å². The Morgan fingerprint density at radius 1 is 1.43 bits per heavy atom. The molecule has 1 amide bonds. The van der Waals surface area contributed by atoms with E-state index in [0.717, 1.165) is 12.3 Å². The van der Waals surface area contributed by atoms with Crippen LogP contribution < -0.4 is 10.2 Å². The maximum atomic E-state index is 11.8. The topological polar surface area (TPSA) is 127 Å². The molecule has 0 fully saturated rings. The minimum atomic E-state index is -0.745. The average molecular weight is 316 g/mol. The monoisotopic (exact) mass is 316 g/mol. The van der Waals surface area contributed by atoms with Gasteiger partial charge in [-0.1, -0.05) is 0 Å². The summed E-state index contributed by atoms with van der Waals surface area (Å²) in [6.07, 6.45) is 4.00. The van der Waals surface area contributed by atoms with Gasteiger partial charge in [-0.2, -0.15) is 5.10 Å². The summed E-state index contributed by atoms with van der Waals surface area (Å²) in [6.45, 7) is 0. The van der Waals surface area contributed by atoms with Gasteiger partial charge in [-0.05, 0) is 18.2 Å². The van der Waals surface area contributed by atoms with Crippen LogP contribution in [0.15, 0.2) is 41.8 Å². The van der Waals surface area contributed by atoms with Crippen molar-refractivity contribution in [3.05, 3.63) is 57.9 Å². The van der Waals surface area contributed by atoms with E-state index in [0.29, 0.717) is 5.56 Å². The second-order valence-electron chi connectivity index (χ2n) is 4.28. The Morgan fingerprint density at radius 3 is 2.74 bits per heavy atom. The molecule has 2 N–H and O–H groups in total. The Labute approximate surface area is 130 Å². The van der Waals surface area contributed by atoms with Crippen LogP contribution in [0.3, 0.4) is 0 Å². The number of nitrogens with one attached hydrogen (secondary N) is 1. The quantitative estimate of drug-likeness (QED) is 0.488. The molecule has 0 aliphatic heterocycles. The molecular formula is C14H12N4O5. The van der Waals surface area contributed by atoms with Gasteiger partial charge in [-0.15, -0.1) is 0 Å². The van der Waals surface area contributed by atoms with Gasteiger partial charge < -0.3 is 9.84 Å². The van der Waals surface area contributed by atoms with E-state index in [4.69, 9.17) is 4.74 Å². The van der Waals surface area contributed by atoms with Crippen LogP contribution in [0, 0.1) is 10.1 Å². The van der Waals surface area contributed by atoms with Gasteiger partial charge in [-0.3, -0.25) is 19.9 Å². The summed E-state index contributed by atoms with van der Waals surface area (Å²) in [7, 11) is 1.34. The number of carbonyl (C=O) groups excluding carboxylic acids is 1. The number of hydrogen-bond donors (Lipinski definition) is 2. The molecule has 0 atom stereocenters. The number of methoxy groups -OCH3 is 1. The van der Waals surface area contributed by atoms with Gasteiger partial charge in [0, 0.05) is 23.5 Å². The number of hydrazone groups is 1. The Balaban J connectivity index is 2.21. The Hall–Kier alpha value is -3.49. The molecule has 0 saturated heterocycles. The van der Waals surface area contributed by atoms with E-state index in [-0.39, 0.29) is 11.3 Å². The molecule has 23 heavy (non-hydrogen) atoms. The lowest BCUT2D eigenvalue weighted by Crippen LogP contribution is -2.17. The number of pyridine rings is 1. The highest BCUT2D eigenvalue weighted by molar-refractivity contribution is 5.95. The number of nitrogens with zero attached hydrogens (tertiary/aromatic N) is 3. The van der Waals surface area contributed by atoms with Crippen molar-refractivity contribution in [2.24, 2.45) is 5.10 Å². The number of aromatic hydroxyl groups is 1. The number of phenolic OH excluding ortho intramolecular Hbond substituents is 1. The summed E-state index contributed by atoms with van der Waals surface area (Å²) in [5.74, 6) is -0.880. The van der Waals surface area contributed by atoms with Gasteiger partial charge in [0.2, 0.25) is 5.75 Å². The maximum absolute atomic E-state index is 11.8. The first-order valence-electron chi connectivity index (χ1n) is 6.31. The second kappa shape index (κ2) is 6.98. The standard InChI is InChI=1S/C14H12N4O5/c1-23-11-6-10(13(19)12(7-11)18(21)22)8-16-17-14(20)9-2-4-15-5-3-9/h2-8,19H,1H3,(H,17,20)/b16-8+. The zero-order chi connectivity index (χ0) is 16.8. The van der Waals surface area contributed by atoms with Crippen molar-refractivity contribution in [2.45, 2.75) is 0 Å². The molecule has 0 aliphatic carbocycles. The first-order valence-corrected chi connectivity index (χ1v) is 6.31. The molecule has 118 valence electrons. The molecule has 0 aliphatic rings. The molecular weight excluding hydrogens is 304 g/mol. The predicted molar refractivity (Wildman–Crippen MR) is 80.6 cm³/mol. The fraction of sp³-hybridized carbons (Fsp3) is 0.0714. The van der Waals surface area contributed by atoms with Crippen LogP contribution in [0.25, 0.3) is 0 Å². The highest BCUT2D eigenvalue weighted by Gasteiger charge is 2.18. The molecule has 0 saturated carbocycles. The number of benzene rings is 1. The number of rotatable bonds is 5. The number of carbonyl (C=O) groups is 1. The largest absolute Gasteiger partial charge is 0.502 e. The van der Waals surface area contributed by atoms with Crippen molar-refractivity contribution < 1.29 is 19.6 Å². The van der Waals surface area contributed by atoms with Crippen LogP contribution in [-0.4, -0.2) is 34.2 Å². The first kappa shape index (κ1) is 15.9. The number of nitro benzene ring substituents is 1. The van der Waals surface area contributed by atoms with Gasteiger partial charge in [0.05, 0.1) is 24.3 Å². The van der Waals surface area contributed by atoms with Crippen molar-refractivity contribution in [1.82, 2.24) is 10.4 Å². The van der Waals surface area contributed by atoms with Crippen molar-refractivity contribution >= 4 is 17.8 Å². The van der Waals surface area contributed by atoms with E-state index in [1.54, 1.807) is 0 Å². The van der Waals surface area contributed by atoms with Gasteiger partial charge in [-0.25, -0.2) is 5.43 Å². The molecule has 0 bridgehead atoms. The van der Waals surface area contributed by atoms with Crippen LogP contribution in [-0.2, 0) is 0 Å². The molecule has 2 aromatic rings. The molecule has 2 rings (SSSR count). The summed E-state index contributed by atoms with van der Waals surface area (Å²) in [5, 5.41) is 24.4. The zero-order valence-electron chi connectivity index (χ0n) is 12.0. The SMILES string of the molecule is COc1cc(/C=N/NC(=O)c2ccncc2)c(O)c([N+](=O)[O-])c1. The minimum absolute atomic E-state index is 0.0334. The number of ether oxygens (including phenoxy) is 1. The highest BCUT2D eigenvalue weighted by Crippen LogP contribution is 2.33. The number of aromatic nitrogens is 1. The van der Waals surface area contributed by atoms with Crippen LogP contribution >= 0.6 is 0 Å². The summed E-state index contributed by atoms with van der Waals surface area (Å²) in [5.41, 5.74) is 2.10. The third-order valence-corrected chi connectivity index (χ3v) is 2.84. The van der Waals surface area contributed by atoms with E-state index in [1.165, 1.54) is 37.7 Å². The molecule has 1 aromatic heterocycles. The Kier molecular flexibility index (Phi) is 4.82. The van der Waals surface area contributed by atoms with E-state index in [2.05, 4.69) is 15.5 Å². The van der Waals surface area contributed by atoms with Crippen molar-refractivity contribution in [2.75, 3.05) is 7.11 Å². The fourth-order valence-electron chi connectivity index (χ4n) is 1.70. The number of nitro groups is 1. The fourth-order valence-corrected chi connectivity index (χ4v) is 1.70. The van der Waals surface area contributed by atoms with Gasteiger partial charge >= 0.3 is 5.69 Å². The van der Waals surface area contributed by atoms with E-state index >= 15 is 0 Å². The van der Waals surface area contributed by atoms with Gasteiger partial charge in [0.15, 0.2) is 0 Å². The van der Waals surface area contributed by atoms with Crippen LogP contribution in [0.5, 0.6) is 11.5 Å². The highest BCUT2D eigenvalue weighted by atomic mass is 16.6. The molecule has 9 nitrogen and oxygen atoms in total. The molecule has 0 unspecified atom stereocenters. The third kappa shape index (κ3) is 3.79. The first-order chi connectivity index (χ1) is 11.0. The smallest absolute Gasteiger partial charge is 0.315 e. The Bertz CT molecular complexity index is 761. The van der Waals surface area contributed by atoms with E-state index in [9.17, 15) is 20.0 Å². The molecule has 9 heteroatoms. The minimum Gasteiger partial charge on any atom is -0.502 e. The summed E-state index contributed by atoms with van der Waals surface area (Å²) < 4.78 is 4.93. The average Bonchev–Trinajstić information content (AvgIpc) is 2.56. The summed E-state index contributed by atoms with van der Waals surface area (Å²) >= 11 is 0. The van der Waals surface area contributed by atoms with E-state index in [1.807, 2.05) is 0 Å². The number of hydrogen-bond acceptors (Lipinski definition) is 7. The van der Waals surface area contributed by atoms with Crippen LogP contribution in [0.2, 0.25) is 0 Å². The maximum Gasteiger partial charge on any atom is 0.315 e. The van der Waals surface area contributed by atoms with Crippen LogP contribution in [0.1, 0.15) is 15.9 Å². The van der Waals surface area contributed by atoms with Crippen molar-refractivity contribution in [3.8, 4) is 11.5 Å². The van der Waals surface area contributed by atoms with Crippen molar-refractivity contribution in [3.63, 3.8) is 0 Å². The van der Waals surface area contributed by atoms with Gasteiger partial charge in [0.25, 0.3) is 5.91 Å². The molecule has 0 radical (unpaired) electrons. The second-order valence-corrected chi connectivity index (χ2v) is 4.28. The molecule has 1 aromatic carbocycles. The summed E-state index contributed by atoms with van der Waals surface area (Å²) in [6, 6.07) is 5.43. The normalized spacial score (nSPS) is 10.5. The predicted octanol–water partition coefficient (Wildman–Crippen LogP) is 1.47. The number of phenols is 1. The number of amides is 1. The van der Waals surface area contributed by atoms with Crippen molar-refractivity contribution in [1.29, 1.82) is 0 Å². The van der Waals surface area contributed by atoms with Gasteiger partial charge in [0.1, 0.15) is 5.75 Å².